The van der Waals surface area contributed by atoms with E-state index < -0.39 is 18.4 Å². The molecule has 0 saturated heterocycles. The lowest BCUT2D eigenvalue weighted by atomic mass is 9.92. The molecule has 1 aromatic rings. The minimum Gasteiger partial charge on any atom is -0.493 e. The highest BCUT2D eigenvalue weighted by Gasteiger charge is 2.29. The largest absolute Gasteiger partial charge is 0.493 e. The standard InChI is InChI=1S/C14H17F2NO3/c1-19-11-5-4-9(7-12(11)20-14(15)16)10(13(17)18)6-8-2-3-8/h4-5,7-8,10,14H,2-3,6H2,1H3,(H2,17,18). The second-order valence-electron chi connectivity index (χ2n) is 4.92. The van der Waals surface area contributed by atoms with E-state index in [-0.39, 0.29) is 11.5 Å². The van der Waals surface area contributed by atoms with Crippen LogP contribution in [0.25, 0.3) is 0 Å². The fourth-order valence-electron chi connectivity index (χ4n) is 2.20. The number of benzene rings is 1. The van der Waals surface area contributed by atoms with Gasteiger partial charge in [0.05, 0.1) is 13.0 Å². The van der Waals surface area contributed by atoms with Gasteiger partial charge in [0.25, 0.3) is 0 Å². The Morgan fingerprint density at radius 3 is 2.60 bits per heavy atom. The van der Waals surface area contributed by atoms with Crippen molar-refractivity contribution in [2.45, 2.75) is 31.8 Å². The fraction of sp³-hybridized carbons (Fsp3) is 0.500. The Hall–Kier alpha value is -1.85. The molecular formula is C14H17F2NO3. The molecule has 2 rings (SSSR count). The first-order valence-electron chi connectivity index (χ1n) is 6.43. The summed E-state index contributed by atoms with van der Waals surface area (Å²) < 4.78 is 34.1. The van der Waals surface area contributed by atoms with Gasteiger partial charge in [0.15, 0.2) is 11.5 Å². The summed E-state index contributed by atoms with van der Waals surface area (Å²) in [5.74, 6) is -0.321. The normalized spacial score (nSPS) is 16.0. The zero-order valence-corrected chi connectivity index (χ0v) is 11.1. The SMILES string of the molecule is COc1ccc(C(CC2CC2)C(N)=O)cc1OC(F)F. The van der Waals surface area contributed by atoms with Crippen LogP contribution in [0.1, 0.15) is 30.7 Å². The Bertz CT molecular complexity index is 489. The smallest absolute Gasteiger partial charge is 0.387 e. The molecule has 110 valence electrons. The van der Waals surface area contributed by atoms with Gasteiger partial charge >= 0.3 is 6.61 Å². The minimum absolute atomic E-state index is 0.0814. The number of ether oxygens (including phenoxy) is 2. The van der Waals surface area contributed by atoms with Crippen LogP contribution in [0.5, 0.6) is 11.5 Å². The van der Waals surface area contributed by atoms with E-state index in [1.54, 1.807) is 6.07 Å². The molecule has 0 aromatic heterocycles. The van der Waals surface area contributed by atoms with Crippen LogP contribution in [0.4, 0.5) is 8.78 Å². The van der Waals surface area contributed by atoms with Gasteiger partial charge in [0.1, 0.15) is 0 Å². The average Bonchev–Trinajstić information content (AvgIpc) is 3.18. The Kier molecular flexibility index (Phi) is 4.42. The number of halogens is 2. The van der Waals surface area contributed by atoms with Crippen molar-refractivity contribution in [2.24, 2.45) is 11.7 Å². The predicted octanol–water partition coefficient (Wildman–Crippen LogP) is 2.67. The number of primary amides is 1. The summed E-state index contributed by atoms with van der Waals surface area (Å²) in [6, 6.07) is 4.58. The monoisotopic (exact) mass is 285 g/mol. The van der Waals surface area contributed by atoms with E-state index >= 15 is 0 Å². The highest BCUT2D eigenvalue weighted by Crippen LogP contribution is 2.40. The molecule has 1 saturated carbocycles. The van der Waals surface area contributed by atoms with Crippen LogP contribution in [0, 0.1) is 5.92 Å². The number of alkyl halides is 2. The molecule has 20 heavy (non-hydrogen) atoms. The van der Waals surface area contributed by atoms with Gasteiger partial charge in [-0.3, -0.25) is 4.79 Å². The molecule has 1 atom stereocenters. The van der Waals surface area contributed by atoms with Gasteiger partial charge in [-0.1, -0.05) is 18.9 Å². The Morgan fingerprint density at radius 1 is 1.40 bits per heavy atom. The van der Waals surface area contributed by atoms with Gasteiger partial charge in [-0.2, -0.15) is 8.78 Å². The van der Waals surface area contributed by atoms with Crippen LogP contribution in [0.15, 0.2) is 18.2 Å². The van der Waals surface area contributed by atoms with Gasteiger partial charge in [-0.05, 0) is 30.0 Å². The molecule has 6 heteroatoms. The van der Waals surface area contributed by atoms with Crippen molar-refractivity contribution in [1.82, 2.24) is 0 Å². The molecule has 1 aromatic carbocycles. The molecule has 1 amide bonds. The van der Waals surface area contributed by atoms with E-state index in [9.17, 15) is 13.6 Å². The third-order valence-corrected chi connectivity index (χ3v) is 3.42. The number of hydrogen-bond donors (Lipinski definition) is 1. The number of hydrogen-bond acceptors (Lipinski definition) is 3. The molecule has 2 N–H and O–H groups in total. The lowest BCUT2D eigenvalue weighted by Gasteiger charge is -2.16. The maximum Gasteiger partial charge on any atom is 0.387 e. The molecule has 1 fully saturated rings. The summed E-state index contributed by atoms with van der Waals surface area (Å²) in [5, 5.41) is 0. The molecule has 0 radical (unpaired) electrons. The number of carbonyl (C=O) groups is 1. The van der Waals surface area contributed by atoms with Crippen LogP contribution in [-0.4, -0.2) is 19.6 Å². The van der Waals surface area contributed by atoms with E-state index in [2.05, 4.69) is 4.74 Å². The first-order chi connectivity index (χ1) is 9.51. The lowest BCUT2D eigenvalue weighted by Crippen LogP contribution is -2.22. The number of amides is 1. The molecule has 1 unspecified atom stereocenters. The van der Waals surface area contributed by atoms with Gasteiger partial charge < -0.3 is 15.2 Å². The summed E-state index contributed by atoms with van der Waals surface area (Å²) in [4.78, 5) is 11.6. The Labute approximate surface area is 115 Å². The maximum absolute atomic E-state index is 12.4. The van der Waals surface area contributed by atoms with Crippen LogP contribution in [0.3, 0.4) is 0 Å². The zero-order valence-electron chi connectivity index (χ0n) is 11.1. The quantitative estimate of drug-likeness (QED) is 0.837. The molecule has 0 spiro atoms. The summed E-state index contributed by atoms with van der Waals surface area (Å²) in [6.07, 6.45) is 2.82. The van der Waals surface area contributed by atoms with Gasteiger partial charge in [-0.15, -0.1) is 0 Å². The second-order valence-corrected chi connectivity index (χ2v) is 4.92. The summed E-state index contributed by atoms with van der Waals surface area (Å²) in [6.45, 7) is -2.95. The van der Waals surface area contributed by atoms with Crippen molar-refractivity contribution < 1.29 is 23.0 Å². The van der Waals surface area contributed by atoms with E-state index in [0.29, 0.717) is 17.9 Å². The molecule has 0 heterocycles. The van der Waals surface area contributed by atoms with Crippen LogP contribution < -0.4 is 15.2 Å². The summed E-state index contributed by atoms with van der Waals surface area (Å²) in [7, 11) is 1.36. The van der Waals surface area contributed by atoms with Crippen molar-refractivity contribution in [3.05, 3.63) is 23.8 Å². The third-order valence-electron chi connectivity index (χ3n) is 3.42. The topological polar surface area (TPSA) is 61.5 Å². The van der Waals surface area contributed by atoms with Crippen LogP contribution >= 0.6 is 0 Å². The molecule has 4 nitrogen and oxygen atoms in total. The molecule has 0 aliphatic heterocycles. The molecular weight excluding hydrogens is 268 g/mol. The first kappa shape index (κ1) is 14.6. The highest BCUT2D eigenvalue weighted by molar-refractivity contribution is 5.82. The van der Waals surface area contributed by atoms with Gasteiger partial charge in [0, 0.05) is 0 Å². The number of nitrogens with two attached hydrogens (primary N) is 1. The minimum atomic E-state index is -2.95. The van der Waals surface area contributed by atoms with Crippen molar-refractivity contribution >= 4 is 5.91 Å². The first-order valence-corrected chi connectivity index (χ1v) is 6.43. The van der Waals surface area contributed by atoms with E-state index in [1.165, 1.54) is 19.2 Å². The molecule has 1 aliphatic carbocycles. The number of carbonyl (C=O) groups excluding carboxylic acids is 1. The summed E-state index contributed by atoms with van der Waals surface area (Å²) >= 11 is 0. The van der Waals surface area contributed by atoms with Crippen molar-refractivity contribution in [3.63, 3.8) is 0 Å². The van der Waals surface area contributed by atoms with E-state index in [4.69, 9.17) is 10.5 Å². The predicted molar refractivity (Wildman–Crippen MR) is 68.9 cm³/mol. The Balaban J connectivity index is 2.26. The molecule has 0 bridgehead atoms. The maximum atomic E-state index is 12.4. The van der Waals surface area contributed by atoms with Gasteiger partial charge in [-0.25, -0.2) is 0 Å². The highest BCUT2D eigenvalue weighted by atomic mass is 19.3. The summed E-state index contributed by atoms with van der Waals surface area (Å²) in [5.41, 5.74) is 5.99. The van der Waals surface area contributed by atoms with Crippen molar-refractivity contribution in [3.8, 4) is 11.5 Å². The van der Waals surface area contributed by atoms with Gasteiger partial charge in [0.2, 0.25) is 5.91 Å². The van der Waals surface area contributed by atoms with E-state index in [1.807, 2.05) is 0 Å². The zero-order chi connectivity index (χ0) is 14.7. The van der Waals surface area contributed by atoms with Crippen molar-refractivity contribution in [2.75, 3.05) is 7.11 Å². The van der Waals surface area contributed by atoms with Crippen LogP contribution in [-0.2, 0) is 4.79 Å². The van der Waals surface area contributed by atoms with E-state index in [0.717, 1.165) is 12.8 Å². The fourth-order valence-corrected chi connectivity index (χ4v) is 2.20. The third kappa shape index (κ3) is 3.59. The van der Waals surface area contributed by atoms with Crippen LogP contribution in [0.2, 0.25) is 0 Å². The number of methoxy groups -OCH3 is 1. The van der Waals surface area contributed by atoms with Crippen molar-refractivity contribution in [1.29, 1.82) is 0 Å². The Morgan fingerprint density at radius 2 is 2.10 bits per heavy atom. The number of rotatable bonds is 7. The molecule has 1 aliphatic rings. The second kappa shape index (κ2) is 6.07. The lowest BCUT2D eigenvalue weighted by molar-refractivity contribution is -0.119. The average molecular weight is 285 g/mol.